The first-order valence-corrected chi connectivity index (χ1v) is 12.2. The molecule has 0 aliphatic heterocycles. The molecule has 0 atom stereocenters. The van der Waals surface area contributed by atoms with Gasteiger partial charge in [-0.3, -0.25) is 4.90 Å². The van der Waals surface area contributed by atoms with Gasteiger partial charge in [0.2, 0.25) is 0 Å². The number of aryl methyl sites for hydroxylation is 1. The van der Waals surface area contributed by atoms with Crippen LogP contribution in [0.1, 0.15) is 62.1 Å². The average Bonchev–Trinajstić information content (AvgIpc) is 2.82. The Balaban J connectivity index is 1.80. The second-order valence-electron chi connectivity index (χ2n) is 9.09. The van der Waals surface area contributed by atoms with Crippen LogP contribution in [0.25, 0.3) is 11.1 Å². The first-order valence-electron chi connectivity index (χ1n) is 11.8. The molecule has 0 unspecified atom stereocenters. The van der Waals surface area contributed by atoms with Gasteiger partial charge in [-0.2, -0.15) is 5.26 Å². The molecule has 0 bridgehead atoms. The second-order valence-corrected chi connectivity index (χ2v) is 9.32. The van der Waals surface area contributed by atoms with E-state index in [1.807, 2.05) is 24.4 Å². The quantitative estimate of drug-likeness (QED) is 0.410. The molecule has 3 nitrogen and oxygen atoms in total. The second kappa shape index (κ2) is 12.5. The molecular weight excluding hydrogens is 410 g/mol. The Morgan fingerprint density at radius 1 is 1.16 bits per heavy atom. The monoisotopic (exact) mass is 445 g/mol. The summed E-state index contributed by atoms with van der Waals surface area (Å²) in [6, 6.07) is 17.0. The van der Waals surface area contributed by atoms with Gasteiger partial charge in [-0.25, -0.2) is 0 Å². The molecule has 0 heterocycles. The van der Waals surface area contributed by atoms with Gasteiger partial charge in [0.05, 0.1) is 17.1 Å². The summed E-state index contributed by atoms with van der Waals surface area (Å²) < 4.78 is 0. The summed E-state index contributed by atoms with van der Waals surface area (Å²) in [7, 11) is 0. The maximum absolute atomic E-state index is 9.69. The summed E-state index contributed by atoms with van der Waals surface area (Å²) in [6.07, 6.45) is 10.2. The maximum atomic E-state index is 9.69. The number of hydrogen-bond acceptors (Lipinski definition) is 3. The number of rotatable bonds is 10. The number of nitriles is 1. The predicted molar refractivity (Wildman–Crippen MR) is 138 cm³/mol. The lowest BCUT2D eigenvalue weighted by Gasteiger charge is -2.27. The van der Waals surface area contributed by atoms with E-state index in [9.17, 15) is 5.26 Å². The summed E-state index contributed by atoms with van der Waals surface area (Å²) in [5, 5.41) is 12.7. The van der Waals surface area contributed by atoms with Crippen LogP contribution in [0, 0.1) is 24.2 Å². The SMILES string of the molecule is C/C(=C\NC=S)CN(CCC1CCCCC1)Cc1ccc(C#N)c(-c2ccccc2C)c1. The molecule has 2 aromatic rings. The van der Waals surface area contributed by atoms with Crippen molar-refractivity contribution in [3.05, 3.63) is 70.9 Å². The standard InChI is InChI=1S/C28H35N3S/c1-22(18-30-21-32)19-31(15-14-24-9-4-3-5-10-24)20-25-12-13-26(17-29)28(16-25)27-11-7-6-8-23(27)2/h6-8,11-13,16,18,21,24H,3-5,9-10,14-15,19-20H2,1-2H3,(H,30,32)/b22-18+. The molecule has 1 fully saturated rings. The van der Waals surface area contributed by atoms with Gasteiger partial charge in [0, 0.05) is 24.9 Å². The van der Waals surface area contributed by atoms with Crippen LogP contribution >= 0.6 is 12.2 Å². The lowest BCUT2D eigenvalue weighted by molar-refractivity contribution is 0.238. The van der Waals surface area contributed by atoms with E-state index in [4.69, 9.17) is 12.2 Å². The van der Waals surface area contributed by atoms with Crippen molar-refractivity contribution in [1.82, 2.24) is 10.2 Å². The van der Waals surface area contributed by atoms with Crippen molar-refractivity contribution in [3.63, 3.8) is 0 Å². The number of nitrogens with zero attached hydrogens (tertiary/aromatic N) is 2. The molecular formula is C28H35N3S. The molecule has 1 aliphatic rings. The fourth-order valence-electron chi connectivity index (χ4n) is 4.77. The van der Waals surface area contributed by atoms with Crippen LogP contribution < -0.4 is 5.32 Å². The van der Waals surface area contributed by atoms with Crippen LogP contribution in [0.5, 0.6) is 0 Å². The van der Waals surface area contributed by atoms with Crippen molar-refractivity contribution in [2.75, 3.05) is 13.1 Å². The van der Waals surface area contributed by atoms with E-state index in [-0.39, 0.29) is 0 Å². The van der Waals surface area contributed by atoms with Crippen molar-refractivity contribution in [2.45, 2.75) is 58.9 Å². The van der Waals surface area contributed by atoms with E-state index < -0.39 is 0 Å². The minimum atomic E-state index is 0.734. The lowest BCUT2D eigenvalue weighted by Crippen LogP contribution is -2.28. The van der Waals surface area contributed by atoms with Crippen molar-refractivity contribution in [1.29, 1.82) is 5.26 Å². The zero-order valence-corrected chi connectivity index (χ0v) is 20.3. The summed E-state index contributed by atoms with van der Waals surface area (Å²) in [5.74, 6) is 0.859. The third-order valence-electron chi connectivity index (χ3n) is 6.49. The topological polar surface area (TPSA) is 39.1 Å². The highest BCUT2D eigenvalue weighted by Crippen LogP contribution is 2.29. The molecule has 0 saturated heterocycles. The average molecular weight is 446 g/mol. The molecule has 0 aromatic heterocycles. The van der Waals surface area contributed by atoms with Gasteiger partial charge in [-0.05, 0) is 67.1 Å². The summed E-state index contributed by atoms with van der Waals surface area (Å²) in [5.41, 5.74) is 8.17. The zero-order chi connectivity index (χ0) is 22.8. The van der Waals surface area contributed by atoms with Gasteiger partial charge in [0.15, 0.2) is 0 Å². The first kappa shape index (κ1) is 24.2. The van der Waals surface area contributed by atoms with Crippen LogP contribution in [0.15, 0.2) is 54.2 Å². The summed E-state index contributed by atoms with van der Waals surface area (Å²) >= 11 is 4.90. The largest absolute Gasteiger partial charge is 0.359 e. The Kier molecular flexibility index (Phi) is 9.46. The molecule has 2 aromatic carbocycles. The molecule has 1 saturated carbocycles. The van der Waals surface area contributed by atoms with Crippen LogP contribution in [0.3, 0.4) is 0 Å². The van der Waals surface area contributed by atoms with Crippen LogP contribution in [0.4, 0.5) is 0 Å². The van der Waals surface area contributed by atoms with Gasteiger partial charge < -0.3 is 5.32 Å². The Morgan fingerprint density at radius 2 is 1.94 bits per heavy atom. The van der Waals surface area contributed by atoms with Gasteiger partial charge >= 0.3 is 0 Å². The molecule has 3 rings (SSSR count). The number of hydrogen-bond donors (Lipinski definition) is 1. The van der Waals surface area contributed by atoms with Crippen molar-refractivity contribution in [3.8, 4) is 17.2 Å². The molecule has 0 radical (unpaired) electrons. The number of benzene rings is 2. The fourth-order valence-corrected chi connectivity index (χ4v) is 4.84. The van der Waals surface area contributed by atoms with Gasteiger partial charge in [0.25, 0.3) is 0 Å². The number of thiocarbonyl (C=S) groups is 1. The third-order valence-corrected chi connectivity index (χ3v) is 6.63. The van der Waals surface area contributed by atoms with E-state index in [1.54, 1.807) is 5.49 Å². The lowest BCUT2D eigenvalue weighted by atomic mass is 9.87. The minimum Gasteiger partial charge on any atom is -0.359 e. The molecule has 32 heavy (non-hydrogen) atoms. The van der Waals surface area contributed by atoms with E-state index in [2.05, 4.69) is 54.4 Å². The minimum absolute atomic E-state index is 0.734. The van der Waals surface area contributed by atoms with E-state index in [1.165, 1.54) is 55.2 Å². The third kappa shape index (κ3) is 7.02. The predicted octanol–water partition coefficient (Wildman–Crippen LogP) is 6.76. The van der Waals surface area contributed by atoms with E-state index in [0.29, 0.717) is 0 Å². The van der Waals surface area contributed by atoms with Crippen LogP contribution in [-0.2, 0) is 6.54 Å². The van der Waals surface area contributed by atoms with E-state index >= 15 is 0 Å². The van der Waals surface area contributed by atoms with Gasteiger partial charge in [0.1, 0.15) is 0 Å². The molecule has 4 heteroatoms. The molecule has 1 aliphatic carbocycles. The maximum Gasteiger partial charge on any atom is 0.0998 e. The summed E-state index contributed by atoms with van der Waals surface area (Å²) in [4.78, 5) is 2.54. The normalized spacial score (nSPS) is 14.9. The Labute approximate surface area is 199 Å². The zero-order valence-electron chi connectivity index (χ0n) is 19.4. The van der Waals surface area contributed by atoms with Crippen LogP contribution in [-0.4, -0.2) is 23.5 Å². The van der Waals surface area contributed by atoms with Gasteiger partial charge in [-0.15, -0.1) is 0 Å². The molecule has 1 N–H and O–H groups in total. The first-order chi connectivity index (χ1) is 15.6. The highest BCUT2D eigenvalue weighted by Gasteiger charge is 2.16. The molecule has 0 amide bonds. The van der Waals surface area contributed by atoms with Crippen molar-refractivity contribution in [2.24, 2.45) is 5.92 Å². The van der Waals surface area contributed by atoms with Crippen molar-refractivity contribution < 1.29 is 0 Å². The fraction of sp³-hybridized carbons (Fsp3) is 0.429. The highest BCUT2D eigenvalue weighted by molar-refractivity contribution is 7.78. The van der Waals surface area contributed by atoms with Crippen LogP contribution in [0.2, 0.25) is 0 Å². The summed E-state index contributed by atoms with van der Waals surface area (Å²) in [6.45, 7) is 7.13. The van der Waals surface area contributed by atoms with E-state index in [0.717, 1.165) is 42.2 Å². The Morgan fingerprint density at radius 3 is 2.66 bits per heavy atom. The number of nitrogens with one attached hydrogen (secondary N) is 1. The molecule has 0 spiro atoms. The van der Waals surface area contributed by atoms with Gasteiger partial charge in [-0.1, -0.05) is 74.7 Å². The Bertz CT molecular complexity index is 967. The highest BCUT2D eigenvalue weighted by atomic mass is 32.1. The Hall–Kier alpha value is -2.48. The molecule has 168 valence electrons. The van der Waals surface area contributed by atoms with Crippen molar-refractivity contribution >= 4 is 17.7 Å². The smallest absolute Gasteiger partial charge is 0.0998 e.